The second-order valence-corrected chi connectivity index (χ2v) is 5.81. The first-order valence-corrected chi connectivity index (χ1v) is 7.90. The Morgan fingerprint density at radius 1 is 1.24 bits per heavy atom. The summed E-state index contributed by atoms with van der Waals surface area (Å²) in [5, 5.41) is 6.20. The summed E-state index contributed by atoms with van der Waals surface area (Å²) >= 11 is 0. The van der Waals surface area contributed by atoms with Gasteiger partial charge in [0.15, 0.2) is 6.61 Å². The number of ether oxygens (including phenoxy) is 3. The van der Waals surface area contributed by atoms with Crippen LogP contribution in [0.5, 0.6) is 5.75 Å². The third-order valence-corrected chi connectivity index (χ3v) is 4.14. The topological polar surface area (TPSA) is 85.9 Å². The number of piperidine rings is 1. The number of anilines is 1. The van der Waals surface area contributed by atoms with Crippen molar-refractivity contribution in [2.45, 2.75) is 12.8 Å². The lowest BCUT2D eigenvalue weighted by Gasteiger charge is -2.35. The van der Waals surface area contributed by atoms with Gasteiger partial charge in [-0.1, -0.05) is 6.07 Å². The van der Waals surface area contributed by atoms with Crippen LogP contribution >= 0.6 is 12.4 Å². The minimum absolute atomic E-state index is 0. The van der Waals surface area contributed by atoms with E-state index in [4.69, 9.17) is 9.47 Å². The molecule has 0 bridgehead atoms. The molecule has 2 rings (SSSR count). The van der Waals surface area contributed by atoms with Crippen molar-refractivity contribution in [3.8, 4) is 5.75 Å². The zero-order valence-electron chi connectivity index (χ0n) is 14.5. The van der Waals surface area contributed by atoms with Crippen molar-refractivity contribution < 1.29 is 23.8 Å². The average molecular weight is 373 g/mol. The Morgan fingerprint density at radius 2 is 1.96 bits per heavy atom. The zero-order valence-corrected chi connectivity index (χ0v) is 15.3. The van der Waals surface area contributed by atoms with Gasteiger partial charge in [-0.15, -0.1) is 12.4 Å². The van der Waals surface area contributed by atoms with Crippen LogP contribution in [0.1, 0.15) is 12.8 Å². The summed E-state index contributed by atoms with van der Waals surface area (Å²) < 4.78 is 15.2. The van der Waals surface area contributed by atoms with Gasteiger partial charge in [0, 0.05) is 18.9 Å². The fraction of sp³-hybridized carbons (Fsp3) is 0.529. The van der Waals surface area contributed by atoms with Crippen molar-refractivity contribution in [1.29, 1.82) is 0 Å². The molecule has 0 saturated carbocycles. The molecule has 7 nitrogen and oxygen atoms in total. The molecule has 0 unspecified atom stereocenters. The number of methoxy groups -OCH3 is 2. The van der Waals surface area contributed by atoms with Crippen LogP contribution in [0.2, 0.25) is 0 Å². The maximum absolute atomic E-state index is 12.8. The van der Waals surface area contributed by atoms with Gasteiger partial charge in [-0.05, 0) is 38.1 Å². The van der Waals surface area contributed by atoms with Crippen LogP contribution in [-0.2, 0) is 19.1 Å². The smallest absolute Gasteiger partial charge is 0.343 e. The summed E-state index contributed by atoms with van der Waals surface area (Å²) in [5.41, 5.74) is 0.0967. The van der Waals surface area contributed by atoms with Gasteiger partial charge < -0.3 is 24.8 Å². The second kappa shape index (κ2) is 10.2. The molecule has 1 heterocycles. The average Bonchev–Trinajstić information content (AvgIpc) is 2.61. The summed E-state index contributed by atoms with van der Waals surface area (Å²) in [4.78, 5) is 23.9. The van der Waals surface area contributed by atoms with Crippen molar-refractivity contribution in [1.82, 2.24) is 5.32 Å². The summed E-state index contributed by atoms with van der Waals surface area (Å²) in [7, 11) is 2.91. The van der Waals surface area contributed by atoms with Crippen molar-refractivity contribution in [3.63, 3.8) is 0 Å². The van der Waals surface area contributed by atoms with E-state index in [1.54, 1.807) is 31.4 Å². The minimum Gasteiger partial charge on any atom is -0.482 e. The molecule has 1 amide bonds. The molecular formula is C17H25ClN2O5. The molecule has 1 aromatic rings. The maximum atomic E-state index is 12.8. The highest BCUT2D eigenvalue weighted by atomic mass is 35.5. The summed E-state index contributed by atoms with van der Waals surface area (Å²) in [6.07, 6.45) is 1.45. The number of rotatable bonds is 7. The van der Waals surface area contributed by atoms with E-state index in [1.165, 1.54) is 7.11 Å². The molecule has 1 fully saturated rings. The number of halogens is 1. The van der Waals surface area contributed by atoms with E-state index in [0.717, 1.165) is 25.9 Å². The minimum atomic E-state index is -0.525. The summed E-state index contributed by atoms with van der Waals surface area (Å²) in [6, 6.07) is 6.94. The number of hydrogen-bond acceptors (Lipinski definition) is 6. The van der Waals surface area contributed by atoms with E-state index in [0.29, 0.717) is 18.0 Å². The number of carbonyl (C=O) groups is 2. The zero-order chi connectivity index (χ0) is 17.4. The SMILES string of the molecule is COCC1(C(=O)Nc2cccc(OCC(=O)OC)c2)CCNCC1.Cl. The van der Waals surface area contributed by atoms with Gasteiger partial charge in [-0.25, -0.2) is 4.79 Å². The highest BCUT2D eigenvalue weighted by Gasteiger charge is 2.39. The molecule has 2 N–H and O–H groups in total. The predicted molar refractivity (Wildman–Crippen MR) is 96.2 cm³/mol. The van der Waals surface area contributed by atoms with Crippen molar-refractivity contribution in [2.24, 2.45) is 5.41 Å². The lowest BCUT2D eigenvalue weighted by atomic mass is 9.78. The molecule has 0 atom stereocenters. The molecule has 1 aliphatic rings. The van der Waals surface area contributed by atoms with E-state index < -0.39 is 11.4 Å². The Hall–Kier alpha value is -1.83. The molecule has 0 radical (unpaired) electrons. The van der Waals surface area contributed by atoms with Crippen LogP contribution in [0, 0.1) is 5.41 Å². The highest BCUT2D eigenvalue weighted by Crippen LogP contribution is 2.31. The van der Waals surface area contributed by atoms with Gasteiger partial charge in [0.05, 0.1) is 19.1 Å². The number of nitrogens with one attached hydrogen (secondary N) is 2. The number of benzene rings is 1. The molecule has 0 spiro atoms. The molecule has 0 aromatic heterocycles. The Morgan fingerprint density at radius 3 is 2.60 bits per heavy atom. The number of hydrogen-bond donors (Lipinski definition) is 2. The van der Waals surface area contributed by atoms with E-state index in [-0.39, 0.29) is 24.9 Å². The van der Waals surface area contributed by atoms with E-state index >= 15 is 0 Å². The normalized spacial score (nSPS) is 15.6. The fourth-order valence-corrected chi connectivity index (χ4v) is 2.75. The third-order valence-electron chi connectivity index (χ3n) is 4.14. The van der Waals surface area contributed by atoms with E-state index in [2.05, 4.69) is 15.4 Å². The lowest BCUT2D eigenvalue weighted by molar-refractivity contribution is -0.142. The molecule has 8 heteroatoms. The second-order valence-electron chi connectivity index (χ2n) is 5.81. The first kappa shape index (κ1) is 21.2. The fourth-order valence-electron chi connectivity index (χ4n) is 2.75. The largest absolute Gasteiger partial charge is 0.482 e. The van der Waals surface area contributed by atoms with Gasteiger partial charge in [0.25, 0.3) is 0 Å². The third kappa shape index (κ3) is 5.88. The van der Waals surface area contributed by atoms with Crippen LogP contribution in [0.25, 0.3) is 0 Å². The molecule has 1 aliphatic heterocycles. The van der Waals surface area contributed by atoms with Crippen LogP contribution in [-0.4, -0.2) is 52.4 Å². The van der Waals surface area contributed by atoms with Gasteiger partial charge in [-0.2, -0.15) is 0 Å². The maximum Gasteiger partial charge on any atom is 0.343 e. The van der Waals surface area contributed by atoms with Gasteiger partial charge in [-0.3, -0.25) is 4.79 Å². The van der Waals surface area contributed by atoms with Crippen LogP contribution in [0.4, 0.5) is 5.69 Å². The quantitative estimate of drug-likeness (QED) is 0.707. The standard InChI is InChI=1S/C17H24N2O5.ClH/c1-22-12-17(6-8-18-9-7-17)16(21)19-13-4-3-5-14(10-13)24-11-15(20)23-2;/h3-5,10,18H,6-9,11-12H2,1-2H3,(H,19,21);1H. The summed E-state index contributed by atoms with van der Waals surface area (Å²) in [5.74, 6) is -0.0292. The first-order valence-electron chi connectivity index (χ1n) is 7.90. The Bertz CT molecular complexity index is 570. The highest BCUT2D eigenvalue weighted by molar-refractivity contribution is 5.95. The Balaban J connectivity index is 0.00000312. The van der Waals surface area contributed by atoms with E-state index in [9.17, 15) is 9.59 Å². The molecule has 25 heavy (non-hydrogen) atoms. The first-order chi connectivity index (χ1) is 11.6. The summed E-state index contributed by atoms with van der Waals surface area (Å²) in [6.45, 7) is 1.80. The van der Waals surface area contributed by atoms with Crippen molar-refractivity contribution in [3.05, 3.63) is 24.3 Å². The van der Waals surface area contributed by atoms with Crippen molar-refractivity contribution in [2.75, 3.05) is 45.8 Å². The molecule has 0 aliphatic carbocycles. The Kier molecular flexibility index (Phi) is 8.68. The number of amides is 1. The van der Waals surface area contributed by atoms with Gasteiger partial charge >= 0.3 is 5.97 Å². The van der Waals surface area contributed by atoms with Gasteiger partial charge in [0.1, 0.15) is 5.75 Å². The monoisotopic (exact) mass is 372 g/mol. The Labute approximate surface area is 153 Å². The van der Waals surface area contributed by atoms with Crippen LogP contribution < -0.4 is 15.4 Å². The van der Waals surface area contributed by atoms with E-state index in [1.807, 2.05) is 0 Å². The number of carbonyl (C=O) groups excluding carboxylic acids is 2. The lowest BCUT2D eigenvalue weighted by Crippen LogP contribution is -2.47. The number of esters is 1. The van der Waals surface area contributed by atoms with Crippen LogP contribution in [0.15, 0.2) is 24.3 Å². The van der Waals surface area contributed by atoms with Crippen molar-refractivity contribution >= 4 is 30.0 Å². The molecule has 1 aromatic carbocycles. The molecular weight excluding hydrogens is 348 g/mol. The molecule has 1 saturated heterocycles. The molecule has 140 valence electrons. The van der Waals surface area contributed by atoms with Gasteiger partial charge in [0.2, 0.25) is 5.91 Å². The predicted octanol–water partition coefficient (Wildman–Crippen LogP) is 1.61. The van der Waals surface area contributed by atoms with Crippen LogP contribution in [0.3, 0.4) is 0 Å².